The molecule has 0 bridgehead atoms. The number of para-hydroxylation sites is 1. The first-order valence-corrected chi connectivity index (χ1v) is 14.9. The smallest absolute Gasteiger partial charge is 0.122 e. The molecule has 0 spiro atoms. The van der Waals surface area contributed by atoms with Crippen molar-refractivity contribution in [1.82, 2.24) is 0 Å². The molecule has 0 aromatic heterocycles. The summed E-state index contributed by atoms with van der Waals surface area (Å²) in [6, 6.07) is 49.1. The molecule has 5 aromatic carbocycles. The van der Waals surface area contributed by atoms with Crippen LogP contribution in [-0.2, 0) is 12.3 Å². The summed E-state index contributed by atoms with van der Waals surface area (Å²) in [7, 11) is -1.24. The fraction of sp³-hybridized carbons (Fsp3) is 0.0625. The quantitative estimate of drug-likeness (QED) is 0.241. The fourth-order valence-electron chi connectivity index (χ4n) is 4.34. The highest BCUT2D eigenvalue weighted by Gasteiger charge is 2.20. The van der Waals surface area contributed by atoms with Crippen molar-refractivity contribution in [2.45, 2.75) is 12.3 Å². The van der Waals surface area contributed by atoms with Gasteiger partial charge in [0.15, 0.2) is 0 Å². The second-order valence-electron chi connectivity index (χ2n) is 8.44. The average molecular weight is 491 g/mol. The van der Waals surface area contributed by atoms with E-state index in [1.807, 2.05) is 0 Å². The molecule has 3 heteroatoms. The van der Waals surface area contributed by atoms with Crippen molar-refractivity contribution in [3.63, 3.8) is 0 Å². The molecule has 0 heterocycles. The highest BCUT2D eigenvalue weighted by molar-refractivity contribution is 7.72. The van der Waals surface area contributed by atoms with Gasteiger partial charge in [-0.15, -0.1) is 0 Å². The van der Waals surface area contributed by atoms with E-state index in [2.05, 4.69) is 140 Å². The first-order chi connectivity index (χ1) is 17.3. The number of aromatic hydroxyl groups is 1. The van der Waals surface area contributed by atoms with Gasteiger partial charge in [0, 0.05) is 12.3 Å². The predicted molar refractivity (Wildman–Crippen MR) is 154 cm³/mol. The molecular weight excluding hydrogens is 462 g/mol. The van der Waals surface area contributed by atoms with Crippen LogP contribution in [0.2, 0.25) is 0 Å². The van der Waals surface area contributed by atoms with E-state index in [0.717, 1.165) is 23.5 Å². The number of benzene rings is 5. The molecule has 0 amide bonds. The summed E-state index contributed by atoms with van der Waals surface area (Å²) in [5.41, 5.74) is 2.05. The zero-order valence-corrected chi connectivity index (χ0v) is 21.3. The van der Waals surface area contributed by atoms with Crippen molar-refractivity contribution in [1.29, 1.82) is 0 Å². The lowest BCUT2D eigenvalue weighted by Crippen LogP contribution is -2.14. The first-order valence-electron chi connectivity index (χ1n) is 11.8. The number of rotatable bonds is 8. The third kappa shape index (κ3) is 5.71. The zero-order valence-electron chi connectivity index (χ0n) is 19.5. The van der Waals surface area contributed by atoms with Gasteiger partial charge in [-0.2, -0.15) is 0 Å². The van der Waals surface area contributed by atoms with E-state index < -0.39 is 15.8 Å². The SMILES string of the molecule is Oc1c(CP(c2ccccc2)c2ccccc2)cccc1CP(c1ccccc1)c1ccccc1. The van der Waals surface area contributed by atoms with Crippen LogP contribution in [0, 0.1) is 0 Å². The summed E-state index contributed by atoms with van der Waals surface area (Å²) >= 11 is 0. The summed E-state index contributed by atoms with van der Waals surface area (Å²) < 4.78 is 0. The maximum atomic E-state index is 11.5. The molecule has 0 aliphatic carbocycles. The Labute approximate surface area is 210 Å². The minimum absolute atomic E-state index is 0.450. The number of phenols is 1. The highest BCUT2D eigenvalue weighted by atomic mass is 31.1. The predicted octanol–water partition coefficient (Wildman–Crippen LogP) is 6.66. The van der Waals surface area contributed by atoms with Crippen molar-refractivity contribution in [3.05, 3.63) is 151 Å². The van der Waals surface area contributed by atoms with Crippen LogP contribution in [-0.4, -0.2) is 5.11 Å². The summed E-state index contributed by atoms with van der Waals surface area (Å²) in [4.78, 5) is 0. The summed E-state index contributed by atoms with van der Waals surface area (Å²) in [6.07, 6.45) is 1.63. The Balaban J connectivity index is 1.49. The lowest BCUT2D eigenvalue weighted by molar-refractivity contribution is 0.466. The molecule has 0 fully saturated rings. The Hall–Kier alpha value is -3.24. The van der Waals surface area contributed by atoms with Crippen molar-refractivity contribution in [2.24, 2.45) is 0 Å². The van der Waals surface area contributed by atoms with Crippen molar-refractivity contribution < 1.29 is 5.11 Å². The van der Waals surface area contributed by atoms with Gasteiger partial charge in [-0.1, -0.05) is 140 Å². The summed E-state index contributed by atoms with van der Waals surface area (Å²) in [5.74, 6) is 0.450. The second-order valence-corrected chi connectivity index (χ2v) is 12.8. The maximum absolute atomic E-state index is 11.5. The normalized spacial score (nSPS) is 11.1. The molecule has 0 aliphatic heterocycles. The molecule has 35 heavy (non-hydrogen) atoms. The molecule has 0 unspecified atom stereocenters. The van der Waals surface area contributed by atoms with Gasteiger partial charge >= 0.3 is 0 Å². The Morgan fingerprint density at radius 2 is 0.657 bits per heavy atom. The average Bonchev–Trinajstić information content (AvgIpc) is 2.94. The van der Waals surface area contributed by atoms with E-state index in [9.17, 15) is 5.11 Å². The standard InChI is InChI=1S/C32H28OP2/c33-32-26(24-34(28-16-5-1-6-17-28)29-18-7-2-8-19-29)14-13-15-27(32)25-35(30-20-9-3-10-21-30)31-22-11-4-12-23-31/h1-23,33H,24-25H2. The third-order valence-corrected chi connectivity index (χ3v) is 11.1. The van der Waals surface area contributed by atoms with E-state index >= 15 is 0 Å². The largest absolute Gasteiger partial charge is 0.507 e. The second kappa shape index (κ2) is 11.5. The number of hydrogen-bond acceptors (Lipinski definition) is 1. The fourth-order valence-corrected chi connectivity index (χ4v) is 8.98. The molecule has 1 nitrogen and oxygen atoms in total. The molecule has 1 N–H and O–H groups in total. The highest BCUT2D eigenvalue weighted by Crippen LogP contribution is 2.44. The van der Waals surface area contributed by atoms with Gasteiger partial charge in [-0.25, -0.2) is 0 Å². The van der Waals surface area contributed by atoms with E-state index in [0.29, 0.717) is 5.75 Å². The number of phenolic OH excluding ortho intramolecular Hbond substituents is 1. The molecule has 172 valence electrons. The van der Waals surface area contributed by atoms with Crippen molar-refractivity contribution in [3.8, 4) is 5.75 Å². The first kappa shape index (κ1) is 23.5. The Kier molecular flexibility index (Phi) is 7.69. The Morgan fingerprint density at radius 1 is 0.371 bits per heavy atom. The summed E-state index contributed by atoms with van der Waals surface area (Å²) in [5, 5.41) is 16.8. The zero-order chi connectivity index (χ0) is 23.9. The van der Waals surface area contributed by atoms with Gasteiger partial charge in [-0.05, 0) is 48.2 Å². The molecule has 0 aliphatic rings. The van der Waals surface area contributed by atoms with Crippen LogP contribution in [0.25, 0.3) is 0 Å². The molecular formula is C32H28OP2. The van der Waals surface area contributed by atoms with Gasteiger partial charge in [0.25, 0.3) is 0 Å². The van der Waals surface area contributed by atoms with Crippen LogP contribution < -0.4 is 21.2 Å². The van der Waals surface area contributed by atoms with Crippen molar-refractivity contribution in [2.75, 3.05) is 0 Å². The Morgan fingerprint density at radius 3 is 0.943 bits per heavy atom. The van der Waals surface area contributed by atoms with Gasteiger partial charge < -0.3 is 5.11 Å². The van der Waals surface area contributed by atoms with Crippen LogP contribution in [0.4, 0.5) is 0 Å². The van der Waals surface area contributed by atoms with E-state index in [4.69, 9.17) is 0 Å². The summed E-state index contributed by atoms with van der Waals surface area (Å²) in [6.45, 7) is 0. The molecule has 5 rings (SSSR count). The third-order valence-electron chi connectivity index (χ3n) is 6.13. The van der Waals surface area contributed by atoms with Crippen LogP contribution in [0.3, 0.4) is 0 Å². The lowest BCUT2D eigenvalue weighted by Gasteiger charge is -2.22. The minimum atomic E-state index is -0.618. The number of hydrogen-bond donors (Lipinski definition) is 1. The van der Waals surface area contributed by atoms with E-state index in [-0.39, 0.29) is 0 Å². The van der Waals surface area contributed by atoms with Gasteiger partial charge in [0.1, 0.15) is 5.75 Å². The molecule has 0 saturated carbocycles. The molecule has 0 atom stereocenters. The van der Waals surface area contributed by atoms with Crippen LogP contribution >= 0.6 is 15.8 Å². The lowest BCUT2D eigenvalue weighted by atomic mass is 10.1. The maximum Gasteiger partial charge on any atom is 0.122 e. The van der Waals surface area contributed by atoms with Crippen LogP contribution in [0.15, 0.2) is 140 Å². The van der Waals surface area contributed by atoms with Crippen molar-refractivity contribution >= 4 is 37.1 Å². The molecule has 0 radical (unpaired) electrons. The molecule has 0 saturated heterocycles. The van der Waals surface area contributed by atoms with E-state index in [1.165, 1.54) is 21.2 Å². The topological polar surface area (TPSA) is 20.2 Å². The van der Waals surface area contributed by atoms with E-state index in [1.54, 1.807) is 0 Å². The molecule has 5 aromatic rings. The van der Waals surface area contributed by atoms with Gasteiger partial charge in [0.2, 0.25) is 0 Å². The van der Waals surface area contributed by atoms with Crippen LogP contribution in [0.5, 0.6) is 5.75 Å². The Bertz CT molecular complexity index is 1160. The minimum Gasteiger partial charge on any atom is -0.507 e. The van der Waals surface area contributed by atoms with Gasteiger partial charge in [-0.3, -0.25) is 0 Å². The monoisotopic (exact) mass is 490 g/mol. The van der Waals surface area contributed by atoms with Gasteiger partial charge in [0.05, 0.1) is 0 Å². The van der Waals surface area contributed by atoms with Crippen LogP contribution in [0.1, 0.15) is 11.1 Å².